The molecule has 0 bridgehead atoms. The van der Waals surface area contributed by atoms with E-state index in [-0.39, 0.29) is 6.04 Å². The van der Waals surface area contributed by atoms with E-state index in [0.717, 1.165) is 17.7 Å². The fourth-order valence-corrected chi connectivity index (χ4v) is 3.34. The molecule has 1 unspecified atom stereocenters. The molecule has 0 saturated heterocycles. The number of H-pyrrole nitrogens is 1. The lowest BCUT2D eigenvalue weighted by Gasteiger charge is -2.24. The lowest BCUT2D eigenvalue weighted by atomic mass is 9.98. The number of benzene rings is 2. The topological polar surface area (TPSA) is 54.1 Å². The van der Waals surface area contributed by atoms with Gasteiger partial charge in [0.15, 0.2) is 0 Å². The van der Waals surface area contributed by atoms with Crippen LogP contribution >= 0.6 is 0 Å². The van der Waals surface area contributed by atoms with Gasteiger partial charge in [-0.05, 0) is 62.9 Å². The molecule has 1 heterocycles. The van der Waals surface area contributed by atoms with Gasteiger partial charge >= 0.3 is 12.3 Å². The molecular weight excluding hydrogens is 393 g/mol. The summed E-state index contributed by atoms with van der Waals surface area (Å²) in [4.78, 5) is 15.4. The lowest BCUT2D eigenvalue weighted by molar-refractivity contribution is -0.137. The van der Waals surface area contributed by atoms with Gasteiger partial charge in [0.05, 0.1) is 5.56 Å². The van der Waals surface area contributed by atoms with E-state index in [2.05, 4.69) is 10.3 Å². The zero-order chi connectivity index (χ0) is 21.9. The number of rotatable bonds is 5. The highest BCUT2D eigenvalue weighted by Crippen LogP contribution is 2.32. The minimum Gasteiger partial charge on any atom is -0.444 e. The Balaban J connectivity index is 1.87. The molecule has 3 aromatic rings. The van der Waals surface area contributed by atoms with Crippen molar-refractivity contribution in [3.05, 3.63) is 71.4 Å². The van der Waals surface area contributed by atoms with E-state index in [1.54, 1.807) is 27.0 Å². The lowest BCUT2D eigenvalue weighted by Crippen LogP contribution is -2.41. The van der Waals surface area contributed by atoms with Gasteiger partial charge in [-0.15, -0.1) is 0 Å². The molecule has 0 aliphatic heterocycles. The van der Waals surface area contributed by atoms with E-state index in [4.69, 9.17) is 4.74 Å². The van der Waals surface area contributed by atoms with Crippen molar-refractivity contribution in [2.75, 3.05) is 0 Å². The first kappa shape index (κ1) is 21.7. The minimum atomic E-state index is -4.42. The van der Waals surface area contributed by atoms with Crippen molar-refractivity contribution < 1.29 is 22.7 Å². The fourth-order valence-electron chi connectivity index (χ4n) is 3.34. The molecule has 1 amide bonds. The molecule has 0 aliphatic carbocycles. The molecule has 1 aromatic heterocycles. The van der Waals surface area contributed by atoms with Crippen LogP contribution in [0.5, 0.6) is 0 Å². The SMILES string of the molecule is CC(C)(C)OC(=O)NC(Cc1ccccc1)Cc1c[nH]c2ccc(C(F)(F)F)cc12. The zero-order valence-electron chi connectivity index (χ0n) is 17.1. The summed E-state index contributed by atoms with van der Waals surface area (Å²) in [5.41, 5.74) is 0.982. The number of alkyl halides is 3. The smallest absolute Gasteiger partial charge is 0.416 e. The van der Waals surface area contributed by atoms with Gasteiger partial charge in [0.1, 0.15) is 5.60 Å². The second kappa shape index (κ2) is 8.42. The van der Waals surface area contributed by atoms with Crippen molar-refractivity contribution in [1.82, 2.24) is 10.3 Å². The zero-order valence-corrected chi connectivity index (χ0v) is 17.1. The van der Waals surface area contributed by atoms with Crippen molar-refractivity contribution >= 4 is 17.0 Å². The summed E-state index contributed by atoms with van der Waals surface area (Å²) in [5.74, 6) is 0. The second-order valence-electron chi connectivity index (χ2n) is 8.31. The first-order chi connectivity index (χ1) is 14.0. The average molecular weight is 418 g/mol. The molecule has 7 heteroatoms. The third kappa shape index (κ3) is 5.78. The van der Waals surface area contributed by atoms with Crippen LogP contribution in [0.25, 0.3) is 10.9 Å². The predicted octanol–water partition coefficient (Wildman–Crippen LogP) is 5.87. The van der Waals surface area contributed by atoms with Crippen molar-refractivity contribution in [1.29, 1.82) is 0 Å². The van der Waals surface area contributed by atoms with Crippen molar-refractivity contribution in [3.63, 3.8) is 0 Å². The number of fused-ring (bicyclic) bond motifs is 1. The number of hydrogen-bond donors (Lipinski definition) is 2. The van der Waals surface area contributed by atoms with Gasteiger partial charge in [0, 0.05) is 23.1 Å². The Morgan fingerprint density at radius 3 is 2.40 bits per heavy atom. The Kier molecular flexibility index (Phi) is 6.10. The van der Waals surface area contributed by atoms with E-state index >= 15 is 0 Å². The number of carbonyl (C=O) groups excluding carboxylic acids is 1. The quantitative estimate of drug-likeness (QED) is 0.545. The van der Waals surface area contributed by atoms with Crippen molar-refractivity contribution in [2.45, 2.75) is 51.4 Å². The first-order valence-corrected chi connectivity index (χ1v) is 9.72. The van der Waals surface area contributed by atoms with Crippen LogP contribution < -0.4 is 5.32 Å². The number of aromatic amines is 1. The minimum absolute atomic E-state index is 0.351. The Morgan fingerprint density at radius 1 is 1.07 bits per heavy atom. The van der Waals surface area contributed by atoms with Gasteiger partial charge in [-0.1, -0.05) is 30.3 Å². The van der Waals surface area contributed by atoms with Gasteiger partial charge < -0.3 is 15.0 Å². The van der Waals surface area contributed by atoms with Gasteiger partial charge in [-0.3, -0.25) is 0 Å². The summed E-state index contributed by atoms with van der Waals surface area (Å²) < 4.78 is 44.8. The normalized spacial score (nSPS) is 13.3. The summed E-state index contributed by atoms with van der Waals surface area (Å²) in [6, 6.07) is 12.9. The third-order valence-corrected chi connectivity index (χ3v) is 4.61. The van der Waals surface area contributed by atoms with E-state index < -0.39 is 23.4 Å². The standard InChI is InChI=1S/C23H25F3N2O2/c1-22(2,3)30-21(29)28-18(11-15-7-5-4-6-8-15)12-16-14-27-20-10-9-17(13-19(16)20)23(24,25)26/h4-10,13-14,18,27H,11-12H2,1-3H3,(H,28,29). The Labute approximate surface area is 173 Å². The molecule has 3 rings (SSSR count). The second-order valence-corrected chi connectivity index (χ2v) is 8.31. The van der Waals surface area contributed by atoms with Gasteiger partial charge in [0.2, 0.25) is 0 Å². The molecular formula is C23H25F3N2O2. The van der Waals surface area contributed by atoms with E-state index in [9.17, 15) is 18.0 Å². The molecule has 2 aromatic carbocycles. The summed E-state index contributed by atoms with van der Waals surface area (Å²) in [6.45, 7) is 5.32. The highest BCUT2D eigenvalue weighted by molar-refractivity contribution is 5.84. The van der Waals surface area contributed by atoms with Crippen molar-refractivity contribution in [3.8, 4) is 0 Å². The predicted molar refractivity (Wildman–Crippen MR) is 110 cm³/mol. The fraction of sp³-hybridized carbons (Fsp3) is 0.348. The largest absolute Gasteiger partial charge is 0.444 e. The molecule has 0 fully saturated rings. The van der Waals surface area contributed by atoms with E-state index in [0.29, 0.717) is 29.3 Å². The van der Waals surface area contributed by atoms with Crippen LogP contribution in [0, 0.1) is 0 Å². The monoisotopic (exact) mass is 418 g/mol. The maximum Gasteiger partial charge on any atom is 0.416 e. The summed E-state index contributed by atoms with van der Waals surface area (Å²) in [7, 11) is 0. The summed E-state index contributed by atoms with van der Waals surface area (Å²) in [6.07, 6.45) is -2.40. The highest BCUT2D eigenvalue weighted by atomic mass is 19.4. The third-order valence-electron chi connectivity index (χ3n) is 4.61. The molecule has 2 N–H and O–H groups in total. The van der Waals surface area contributed by atoms with Crippen LogP contribution in [0.2, 0.25) is 0 Å². The van der Waals surface area contributed by atoms with Crippen LogP contribution in [0.4, 0.5) is 18.0 Å². The highest BCUT2D eigenvalue weighted by Gasteiger charge is 2.31. The Hall–Kier alpha value is -2.96. The summed E-state index contributed by atoms with van der Waals surface area (Å²) >= 11 is 0. The molecule has 0 radical (unpaired) electrons. The Morgan fingerprint density at radius 2 is 1.77 bits per heavy atom. The van der Waals surface area contributed by atoms with Gasteiger partial charge in [-0.25, -0.2) is 4.79 Å². The number of carbonyl (C=O) groups is 1. The molecule has 0 spiro atoms. The van der Waals surface area contributed by atoms with Crippen LogP contribution in [-0.2, 0) is 23.8 Å². The molecule has 0 saturated carbocycles. The number of ether oxygens (including phenoxy) is 1. The number of alkyl carbamates (subject to hydrolysis) is 1. The average Bonchev–Trinajstić information content (AvgIpc) is 3.02. The number of halogens is 3. The first-order valence-electron chi connectivity index (χ1n) is 9.72. The molecule has 1 atom stereocenters. The van der Waals surface area contributed by atoms with Gasteiger partial charge in [0.25, 0.3) is 0 Å². The molecule has 160 valence electrons. The maximum atomic E-state index is 13.1. The molecule has 30 heavy (non-hydrogen) atoms. The van der Waals surface area contributed by atoms with E-state index in [1.807, 2.05) is 30.3 Å². The Bertz CT molecular complexity index is 1000. The number of hydrogen-bond acceptors (Lipinski definition) is 2. The van der Waals surface area contributed by atoms with Crippen LogP contribution in [0.15, 0.2) is 54.7 Å². The number of nitrogens with one attached hydrogen (secondary N) is 2. The van der Waals surface area contributed by atoms with Crippen molar-refractivity contribution in [2.24, 2.45) is 0 Å². The van der Waals surface area contributed by atoms with Crippen LogP contribution in [-0.4, -0.2) is 22.7 Å². The maximum absolute atomic E-state index is 13.1. The van der Waals surface area contributed by atoms with Gasteiger partial charge in [-0.2, -0.15) is 13.2 Å². The van der Waals surface area contributed by atoms with Crippen LogP contribution in [0.3, 0.4) is 0 Å². The van der Waals surface area contributed by atoms with Crippen LogP contribution in [0.1, 0.15) is 37.5 Å². The number of aromatic nitrogens is 1. The molecule has 4 nitrogen and oxygen atoms in total. The number of amides is 1. The van der Waals surface area contributed by atoms with E-state index in [1.165, 1.54) is 6.07 Å². The molecule has 0 aliphatic rings. The summed E-state index contributed by atoms with van der Waals surface area (Å²) in [5, 5.41) is 3.37.